The van der Waals surface area contributed by atoms with E-state index < -0.39 is 0 Å². The van der Waals surface area contributed by atoms with Crippen LogP contribution in [0.15, 0.2) is 59.5 Å². The molecule has 0 bridgehead atoms. The number of carbonyl (C=O) groups is 2. The summed E-state index contributed by atoms with van der Waals surface area (Å²) in [5.74, 6) is -0.239. The lowest BCUT2D eigenvalue weighted by atomic mass is 10.1. The second-order valence-electron chi connectivity index (χ2n) is 6.26. The number of thioether (sulfide) groups is 1. The topological polar surface area (TPSA) is 49.4 Å². The number of nitrogens with one attached hydrogen (secondary N) is 1. The molecule has 0 radical (unpaired) electrons. The number of rotatable bonds is 6. The molecular weight excluding hydrogens is 376 g/mol. The fraction of sp³-hybridized carbons (Fsp3) is 0.190. The molecule has 0 unspecified atom stereocenters. The third kappa shape index (κ3) is 5.28. The van der Waals surface area contributed by atoms with Gasteiger partial charge < -0.3 is 5.32 Å². The van der Waals surface area contributed by atoms with E-state index in [9.17, 15) is 9.59 Å². The minimum Gasteiger partial charge on any atom is -0.352 e. The molecule has 6 heteroatoms. The zero-order chi connectivity index (χ0) is 19.2. The van der Waals surface area contributed by atoms with E-state index in [0.29, 0.717) is 15.8 Å². The van der Waals surface area contributed by atoms with Gasteiger partial charge in [0.2, 0.25) is 5.91 Å². The number of thiocarbonyl (C=S) groups is 1. The molecule has 1 heterocycles. The first kappa shape index (κ1) is 19.3. The Morgan fingerprint density at radius 2 is 1.85 bits per heavy atom. The van der Waals surface area contributed by atoms with Crippen LogP contribution in [0, 0.1) is 6.92 Å². The van der Waals surface area contributed by atoms with E-state index in [-0.39, 0.29) is 24.8 Å². The van der Waals surface area contributed by atoms with Crippen molar-refractivity contribution in [1.82, 2.24) is 10.2 Å². The van der Waals surface area contributed by atoms with Crippen LogP contribution in [-0.2, 0) is 16.1 Å². The molecule has 0 spiro atoms. The van der Waals surface area contributed by atoms with Crippen LogP contribution in [0.3, 0.4) is 0 Å². The molecule has 138 valence electrons. The highest BCUT2D eigenvalue weighted by molar-refractivity contribution is 8.26. The van der Waals surface area contributed by atoms with Gasteiger partial charge in [0, 0.05) is 19.5 Å². The molecule has 1 N–H and O–H groups in total. The largest absolute Gasteiger partial charge is 0.352 e. The third-order valence-electron chi connectivity index (χ3n) is 4.14. The van der Waals surface area contributed by atoms with E-state index in [1.807, 2.05) is 67.6 Å². The van der Waals surface area contributed by atoms with Gasteiger partial charge in [-0.2, -0.15) is 0 Å². The average molecular weight is 397 g/mol. The van der Waals surface area contributed by atoms with Gasteiger partial charge in [0.1, 0.15) is 4.32 Å². The van der Waals surface area contributed by atoms with Gasteiger partial charge >= 0.3 is 0 Å². The van der Waals surface area contributed by atoms with Gasteiger partial charge in [0.05, 0.1) is 4.91 Å². The second kappa shape index (κ2) is 8.97. The van der Waals surface area contributed by atoms with Gasteiger partial charge in [-0.05, 0) is 24.1 Å². The van der Waals surface area contributed by atoms with Crippen molar-refractivity contribution in [2.45, 2.75) is 19.9 Å². The minimum absolute atomic E-state index is 0.100. The van der Waals surface area contributed by atoms with E-state index in [1.165, 1.54) is 22.2 Å². The maximum atomic E-state index is 12.6. The Bertz CT molecular complexity index is 877. The molecule has 1 aliphatic rings. The summed E-state index contributed by atoms with van der Waals surface area (Å²) in [6, 6.07) is 17.7. The zero-order valence-corrected chi connectivity index (χ0v) is 16.6. The SMILES string of the molecule is Cc1ccc(CNC(=O)CCN2C(=O)C(=Cc3ccccc3)SC2=S)cc1. The van der Waals surface area contributed by atoms with E-state index in [4.69, 9.17) is 12.2 Å². The molecule has 1 aliphatic heterocycles. The molecule has 4 nitrogen and oxygen atoms in total. The third-order valence-corrected chi connectivity index (χ3v) is 5.52. The lowest BCUT2D eigenvalue weighted by Crippen LogP contribution is -2.33. The number of benzene rings is 2. The van der Waals surface area contributed by atoms with Crippen molar-refractivity contribution in [3.63, 3.8) is 0 Å². The van der Waals surface area contributed by atoms with Crippen LogP contribution in [-0.4, -0.2) is 27.6 Å². The number of aryl methyl sites for hydroxylation is 1. The Labute approximate surface area is 168 Å². The molecule has 2 aromatic rings. The predicted octanol–water partition coefficient (Wildman–Crippen LogP) is 3.90. The number of nitrogens with zero attached hydrogens (tertiary/aromatic N) is 1. The molecule has 27 heavy (non-hydrogen) atoms. The van der Waals surface area contributed by atoms with Crippen molar-refractivity contribution in [3.05, 3.63) is 76.2 Å². The minimum atomic E-state index is -0.139. The summed E-state index contributed by atoms with van der Waals surface area (Å²) in [7, 11) is 0. The Hall–Kier alpha value is -2.44. The van der Waals surface area contributed by atoms with Gasteiger partial charge in [-0.3, -0.25) is 14.5 Å². The molecule has 0 atom stereocenters. The molecule has 1 fully saturated rings. The molecule has 0 aromatic heterocycles. The second-order valence-corrected chi connectivity index (χ2v) is 7.93. The number of carbonyl (C=O) groups excluding carboxylic acids is 2. The van der Waals surface area contributed by atoms with Crippen molar-refractivity contribution < 1.29 is 9.59 Å². The molecule has 1 saturated heterocycles. The monoisotopic (exact) mass is 396 g/mol. The van der Waals surface area contributed by atoms with E-state index >= 15 is 0 Å². The fourth-order valence-corrected chi connectivity index (χ4v) is 3.91. The number of hydrogen-bond donors (Lipinski definition) is 1. The molecule has 2 amide bonds. The summed E-state index contributed by atoms with van der Waals surface area (Å²) in [5, 5.41) is 2.88. The highest BCUT2D eigenvalue weighted by atomic mass is 32.2. The van der Waals surface area contributed by atoms with Crippen LogP contribution in [0.25, 0.3) is 6.08 Å². The summed E-state index contributed by atoms with van der Waals surface area (Å²) in [4.78, 5) is 26.8. The van der Waals surface area contributed by atoms with Crippen molar-refractivity contribution in [2.75, 3.05) is 6.54 Å². The summed E-state index contributed by atoms with van der Waals surface area (Å²) in [6.45, 7) is 2.79. The van der Waals surface area contributed by atoms with Gasteiger partial charge in [-0.25, -0.2) is 0 Å². The van der Waals surface area contributed by atoms with Gasteiger partial charge in [-0.15, -0.1) is 0 Å². The van der Waals surface area contributed by atoms with E-state index in [1.54, 1.807) is 0 Å². The van der Waals surface area contributed by atoms with Crippen LogP contribution in [0.5, 0.6) is 0 Å². The molecule has 2 aromatic carbocycles. The van der Waals surface area contributed by atoms with Gasteiger partial charge in [-0.1, -0.05) is 84.1 Å². The summed E-state index contributed by atoms with van der Waals surface area (Å²) in [6.07, 6.45) is 2.05. The zero-order valence-electron chi connectivity index (χ0n) is 15.0. The standard InChI is InChI=1S/C21H20N2O2S2/c1-15-7-9-17(10-8-15)14-22-19(24)11-12-23-20(25)18(27-21(23)26)13-16-5-3-2-4-6-16/h2-10,13H,11-12,14H2,1H3,(H,22,24). The molecule has 0 saturated carbocycles. The Morgan fingerprint density at radius 1 is 1.15 bits per heavy atom. The van der Waals surface area contributed by atoms with E-state index in [2.05, 4.69) is 5.32 Å². The van der Waals surface area contributed by atoms with Crippen molar-refractivity contribution in [2.24, 2.45) is 0 Å². The highest BCUT2D eigenvalue weighted by Crippen LogP contribution is 2.32. The number of hydrogen-bond acceptors (Lipinski definition) is 4. The summed E-state index contributed by atoms with van der Waals surface area (Å²) in [5.41, 5.74) is 3.18. The lowest BCUT2D eigenvalue weighted by molar-refractivity contribution is -0.123. The van der Waals surface area contributed by atoms with Crippen molar-refractivity contribution in [1.29, 1.82) is 0 Å². The average Bonchev–Trinajstić information content (AvgIpc) is 2.93. The first-order valence-corrected chi connectivity index (χ1v) is 9.88. The van der Waals surface area contributed by atoms with Crippen LogP contribution in [0.2, 0.25) is 0 Å². The molecule has 0 aliphatic carbocycles. The van der Waals surface area contributed by atoms with Crippen LogP contribution < -0.4 is 5.32 Å². The quantitative estimate of drug-likeness (QED) is 0.594. The van der Waals surface area contributed by atoms with Crippen LogP contribution in [0.1, 0.15) is 23.1 Å². The highest BCUT2D eigenvalue weighted by Gasteiger charge is 2.31. The molecular formula is C21H20N2O2S2. The van der Waals surface area contributed by atoms with Crippen LogP contribution in [0.4, 0.5) is 0 Å². The van der Waals surface area contributed by atoms with Crippen molar-refractivity contribution >= 4 is 46.2 Å². The Balaban J connectivity index is 1.52. The first-order chi connectivity index (χ1) is 13.0. The van der Waals surface area contributed by atoms with Crippen LogP contribution >= 0.6 is 24.0 Å². The normalized spacial score (nSPS) is 15.4. The smallest absolute Gasteiger partial charge is 0.266 e. The Morgan fingerprint density at radius 3 is 2.56 bits per heavy atom. The number of amides is 2. The first-order valence-electron chi connectivity index (χ1n) is 8.65. The van der Waals surface area contributed by atoms with E-state index in [0.717, 1.165) is 11.1 Å². The fourth-order valence-electron chi connectivity index (χ4n) is 2.60. The Kier molecular flexibility index (Phi) is 6.42. The predicted molar refractivity (Wildman–Crippen MR) is 114 cm³/mol. The maximum absolute atomic E-state index is 12.6. The van der Waals surface area contributed by atoms with Gasteiger partial charge in [0.15, 0.2) is 0 Å². The van der Waals surface area contributed by atoms with Gasteiger partial charge in [0.25, 0.3) is 5.91 Å². The summed E-state index contributed by atoms with van der Waals surface area (Å²) < 4.78 is 0.494. The molecule has 3 rings (SSSR count). The lowest BCUT2D eigenvalue weighted by Gasteiger charge is -2.14. The van der Waals surface area contributed by atoms with Crippen molar-refractivity contribution in [3.8, 4) is 0 Å². The summed E-state index contributed by atoms with van der Waals surface area (Å²) >= 11 is 6.59. The maximum Gasteiger partial charge on any atom is 0.266 e.